The highest BCUT2D eigenvalue weighted by Crippen LogP contribution is 2.35. The van der Waals surface area contributed by atoms with Crippen molar-refractivity contribution in [3.63, 3.8) is 0 Å². The lowest BCUT2D eigenvalue weighted by Crippen LogP contribution is -2.23. The third kappa shape index (κ3) is 2.34. The molecule has 2 nitrogen and oxygen atoms in total. The Kier molecular flexibility index (Phi) is 4.02. The summed E-state index contributed by atoms with van der Waals surface area (Å²) in [5.41, 5.74) is 3.74. The van der Waals surface area contributed by atoms with E-state index in [0.29, 0.717) is 5.57 Å². The highest BCUT2D eigenvalue weighted by atomic mass is 16.5. The van der Waals surface area contributed by atoms with Crippen molar-refractivity contribution in [2.24, 2.45) is 0 Å². The molecule has 1 aromatic carbocycles. The molecule has 0 spiro atoms. The van der Waals surface area contributed by atoms with Crippen LogP contribution in [0.15, 0.2) is 25.3 Å². The maximum absolute atomic E-state index is 10.3. The van der Waals surface area contributed by atoms with Crippen LogP contribution in [-0.4, -0.2) is 17.8 Å². The topological polar surface area (TPSA) is 29.5 Å². The first-order valence-corrected chi connectivity index (χ1v) is 5.96. The summed E-state index contributed by atoms with van der Waals surface area (Å²) >= 11 is 0. The average molecular weight is 246 g/mol. The van der Waals surface area contributed by atoms with E-state index < -0.39 is 5.60 Å². The fourth-order valence-corrected chi connectivity index (χ4v) is 2.10. The van der Waals surface area contributed by atoms with E-state index in [4.69, 9.17) is 4.74 Å². The summed E-state index contributed by atoms with van der Waals surface area (Å²) in [6, 6.07) is 1.97. The lowest BCUT2D eigenvalue weighted by Gasteiger charge is -2.26. The molecule has 1 unspecified atom stereocenters. The zero-order valence-corrected chi connectivity index (χ0v) is 11.9. The van der Waals surface area contributed by atoms with E-state index in [1.807, 2.05) is 26.8 Å². The quantitative estimate of drug-likeness (QED) is 0.823. The van der Waals surface area contributed by atoms with Gasteiger partial charge in [-0.05, 0) is 61.6 Å². The molecule has 0 bridgehead atoms. The largest absolute Gasteiger partial charge is 0.496 e. The fraction of sp³-hybridized carbons (Fsp3) is 0.375. The van der Waals surface area contributed by atoms with Crippen molar-refractivity contribution in [3.05, 3.63) is 47.6 Å². The molecule has 0 heterocycles. The van der Waals surface area contributed by atoms with Gasteiger partial charge in [-0.25, -0.2) is 0 Å². The van der Waals surface area contributed by atoms with Crippen LogP contribution in [0.1, 0.15) is 29.2 Å². The van der Waals surface area contributed by atoms with E-state index in [-0.39, 0.29) is 0 Å². The summed E-state index contributed by atoms with van der Waals surface area (Å²) in [6.07, 6.45) is 1.51. The molecule has 98 valence electrons. The van der Waals surface area contributed by atoms with Gasteiger partial charge in [-0.15, -0.1) is 0 Å². The predicted molar refractivity (Wildman–Crippen MR) is 77.1 cm³/mol. The number of rotatable bonds is 4. The van der Waals surface area contributed by atoms with Gasteiger partial charge in [0.1, 0.15) is 11.4 Å². The summed E-state index contributed by atoms with van der Waals surface area (Å²) in [6.45, 7) is 15.4. The number of aliphatic hydroxyl groups is 1. The first-order chi connectivity index (χ1) is 8.26. The lowest BCUT2D eigenvalue weighted by atomic mass is 9.84. The Labute approximate surface area is 110 Å². The third-order valence-electron chi connectivity index (χ3n) is 3.58. The molecular formula is C16H22O2. The standard InChI is InChI=1S/C16H22O2/c1-8-16(6,17)13(5)15-10(2)9-14(18-7)11(3)12(15)4/h8-9,17H,1,5H2,2-4,6-7H3. The van der Waals surface area contributed by atoms with Gasteiger partial charge in [0.2, 0.25) is 0 Å². The summed E-state index contributed by atoms with van der Waals surface area (Å²) in [5, 5.41) is 10.3. The summed E-state index contributed by atoms with van der Waals surface area (Å²) in [5.74, 6) is 0.861. The zero-order valence-electron chi connectivity index (χ0n) is 11.9. The van der Waals surface area contributed by atoms with Gasteiger partial charge in [-0.1, -0.05) is 19.2 Å². The Hall–Kier alpha value is -1.54. The van der Waals surface area contributed by atoms with Crippen LogP contribution in [-0.2, 0) is 0 Å². The van der Waals surface area contributed by atoms with E-state index >= 15 is 0 Å². The Balaban J connectivity index is 3.48. The summed E-state index contributed by atoms with van der Waals surface area (Å²) in [4.78, 5) is 0. The van der Waals surface area contributed by atoms with Gasteiger partial charge in [0, 0.05) is 0 Å². The highest BCUT2D eigenvalue weighted by molar-refractivity contribution is 5.77. The second kappa shape index (κ2) is 4.99. The van der Waals surface area contributed by atoms with Crippen LogP contribution in [0.3, 0.4) is 0 Å². The predicted octanol–water partition coefficient (Wildman–Crippen LogP) is 3.57. The molecule has 1 N–H and O–H groups in total. The van der Waals surface area contributed by atoms with Crippen LogP contribution in [0, 0.1) is 20.8 Å². The molecule has 0 amide bonds. The molecule has 1 rings (SSSR count). The van der Waals surface area contributed by atoms with E-state index in [0.717, 1.165) is 28.0 Å². The number of ether oxygens (including phenoxy) is 1. The van der Waals surface area contributed by atoms with E-state index in [1.165, 1.54) is 6.08 Å². The Morgan fingerprint density at radius 2 is 1.89 bits per heavy atom. The smallest absolute Gasteiger partial charge is 0.122 e. The van der Waals surface area contributed by atoms with E-state index in [9.17, 15) is 5.11 Å². The Morgan fingerprint density at radius 3 is 2.33 bits per heavy atom. The molecule has 0 aromatic heterocycles. The normalized spacial score (nSPS) is 13.9. The minimum Gasteiger partial charge on any atom is -0.496 e. The molecule has 18 heavy (non-hydrogen) atoms. The van der Waals surface area contributed by atoms with Crippen LogP contribution in [0.5, 0.6) is 5.75 Å². The average Bonchev–Trinajstić information content (AvgIpc) is 2.33. The van der Waals surface area contributed by atoms with Crippen LogP contribution < -0.4 is 4.74 Å². The van der Waals surface area contributed by atoms with Crippen molar-refractivity contribution in [1.82, 2.24) is 0 Å². The number of methoxy groups -OCH3 is 1. The van der Waals surface area contributed by atoms with Gasteiger partial charge in [-0.3, -0.25) is 0 Å². The fourth-order valence-electron chi connectivity index (χ4n) is 2.10. The van der Waals surface area contributed by atoms with Gasteiger partial charge < -0.3 is 9.84 Å². The molecular weight excluding hydrogens is 224 g/mol. The van der Waals surface area contributed by atoms with E-state index in [1.54, 1.807) is 14.0 Å². The van der Waals surface area contributed by atoms with Crippen molar-refractivity contribution in [2.45, 2.75) is 33.3 Å². The number of hydrogen-bond donors (Lipinski definition) is 1. The van der Waals surface area contributed by atoms with Gasteiger partial charge in [0.25, 0.3) is 0 Å². The van der Waals surface area contributed by atoms with Gasteiger partial charge in [0.05, 0.1) is 7.11 Å². The highest BCUT2D eigenvalue weighted by Gasteiger charge is 2.25. The Bertz CT molecular complexity index is 496. The van der Waals surface area contributed by atoms with E-state index in [2.05, 4.69) is 13.2 Å². The maximum atomic E-state index is 10.3. The molecule has 0 fully saturated rings. The molecule has 0 aliphatic carbocycles. The number of hydrogen-bond acceptors (Lipinski definition) is 2. The molecule has 0 saturated heterocycles. The molecule has 0 aliphatic heterocycles. The second-order valence-electron chi connectivity index (χ2n) is 4.85. The van der Waals surface area contributed by atoms with Gasteiger partial charge in [0.15, 0.2) is 0 Å². The SMILES string of the molecule is C=CC(C)(O)C(=C)c1c(C)cc(OC)c(C)c1C. The van der Waals surface area contributed by atoms with Crippen molar-refractivity contribution >= 4 is 5.57 Å². The molecule has 1 atom stereocenters. The van der Waals surface area contributed by atoms with Crippen LogP contribution in [0.4, 0.5) is 0 Å². The molecule has 2 heteroatoms. The monoisotopic (exact) mass is 246 g/mol. The number of aryl methyl sites for hydroxylation is 1. The molecule has 0 radical (unpaired) electrons. The second-order valence-corrected chi connectivity index (χ2v) is 4.85. The minimum atomic E-state index is -1.10. The maximum Gasteiger partial charge on any atom is 0.122 e. The molecule has 0 saturated carbocycles. The molecule has 0 aliphatic rings. The van der Waals surface area contributed by atoms with Crippen molar-refractivity contribution < 1.29 is 9.84 Å². The third-order valence-corrected chi connectivity index (χ3v) is 3.58. The lowest BCUT2D eigenvalue weighted by molar-refractivity contribution is 0.175. The van der Waals surface area contributed by atoms with Crippen molar-refractivity contribution in [3.8, 4) is 5.75 Å². The van der Waals surface area contributed by atoms with Crippen LogP contribution >= 0.6 is 0 Å². The van der Waals surface area contributed by atoms with Gasteiger partial charge >= 0.3 is 0 Å². The first-order valence-electron chi connectivity index (χ1n) is 5.96. The van der Waals surface area contributed by atoms with Crippen LogP contribution in [0.2, 0.25) is 0 Å². The zero-order chi connectivity index (χ0) is 14.1. The van der Waals surface area contributed by atoms with Crippen LogP contribution in [0.25, 0.3) is 5.57 Å². The van der Waals surface area contributed by atoms with Crippen molar-refractivity contribution in [1.29, 1.82) is 0 Å². The minimum absolute atomic E-state index is 0.665. The summed E-state index contributed by atoms with van der Waals surface area (Å²) < 4.78 is 5.34. The Morgan fingerprint density at radius 1 is 1.33 bits per heavy atom. The first kappa shape index (κ1) is 14.5. The molecule has 1 aromatic rings. The van der Waals surface area contributed by atoms with Gasteiger partial charge in [-0.2, -0.15) is 0 Å². The summed E-state index contributed by atoms with van der Waals surface area (Å²) in [7, 11) is 1.66. The number of benzene rings is 1. The van der Waals surface area contributed by atoms with Crippen molar-refractivity contribution in [2.75, 3.05) is 7.11 Å².